The first-order chi connectivity index (χ1) is 12.1. The van der Waals surface area contributed by atoms with Gasteiger partial charge in [0.05, 0.1) is 13.2 Å². The fourth-order valence-electron chi connectivity index (χ4n) is 3.53. The van der Waals surface area contributed by atoms with Crippen molar-refractivity contribution >= 4 is 29.9 Å². The van der Waals surface area contributed by atoms with E-state index in [2.05, 4.69) is 46.4 Å². The molecule has 154 valence electrons. The summed E-state index contributed by atoms with van der Waals surface area (Å²) >= 11 is 0. The maximum Gasteiger partial charge on any atom is 0.191 e. The molecule has 8 heteroatoms. The lowest BCUT2D eigenvalue weighted by Gasteiger charge is -2.37. The summed E-state index contributed by atoms with van der Waals surface area (Å²) in [5.74, 6) is 0.972. The third-order valence-electron chi connectivity index (χ3n) is 5.32. The molecule has 2 aliphatic heterocycles. The smallest absolute Gasteiger partial charge is 0.191 e. The predicted octanol–water partition coefficient (Wildman–Crippen LogP) is 0.516. The lowest BCUT2D eigenvalue weighted by atomic mass is 10.1. The first kappa shape index (κ1) is 23.9. The van der Waals surface area contributed by atoms with Gasteiger partial charge in [-0.15, -0.1) is 24.0 Å². The zero-order chi connectivity index (χ0) is 18.1. The summed E-state index contributed by atoms with van der Waals surface area (Å²) in [6.07, 6.45) is 2.33. The number of likely N-dealkylation sites (tertiary alicyclic amines) is 1. The number of guanidine groups is 1. The van der Waals surface area contributed by atoms with Crippen molar-refractivity contribution in [2.24, 2.45) is 4.99 Å². The van der Waals surface area contributed by atoms with E-state index in [4.69, 9.17) is 9.73 Å². The normalized spacial score (nSPS) is 24.3. The Morgan fingerprint density at radius 2 is 1.88 bits per heavy atom. The van der Waals surface area contributed by atoms with E-state index in [0.717, 1.165) is 64.9 Å². The molecule has 26 heavy (non-hydrogen) atoms. The average Bonchev–Trinajstić information content (AvgIpc) is 2.62. The van der Waals surface area contributed by atoms with Gasteiger partial charge in [-0.25, -0.2) is 0 Å². The van der Waals surface area contributed by atoms with Gasteiger partial charge in [-0.3, -0.25) is 9.89 Å². The minimum atomic E-state index is 0. The molecule has 2 aliphatic rings. The minimum absolute atomic E-state index is 0. The lowest BCUT2D eigenvalue weighted by molar-refractivity contribution is 0.119. The predicted molar refractivity (Wildman–Crippen MR) is 120 cm³/mol. The summed E-state index contributed by atoms with van der Waals surface area (Å²) in [5.41, 5.74) is 0. The van der Waals surface area contributed by atoms with Crippen LogP contribution in [0.2, 0.25) is 0 Å². The highest BCUT2D eigenvalue weighted by Gasteiger charge is 2.23. The van der Waals surface area contributed by atoms with Crippen LogP contribution in [0.1, 0.15) is 19.8 Å². The molecule has 0 spiro atoms. The average molecular weight is 482 g/mol. The molecule has 0 aromatic rings. The second kappa shape index (κ2) is 13.1. The van der Waals surface area contributed by atoms with E-state index in [1.807, 2.05) is 0 Å². The first-order valence-electron chi connectivity index (χ1n) is 9.77. The van der Waals surface area contributed by atoms with Crippen molar-refractivity contribution in [3.8, 4) is 0 Å². The molecule has 0 radical (unpaired) electrons. The van der Waals surface area contributed by atoms with Crippen LogP contribution in [-0.4, -0.2) is 113 Å². The first-order valence-corrected chi connectivity index (χ1v) is 9.77. The van der Waals surface area contributed by atoms with Gasteiger partial charge in [-0.05, 0) is 33.9 Å². The largest absolute Gasteiger partial charge is 0.383 e. The van der Waals surface area contributed by atoms with Gasteiger partial charge in [0.2, 0.25) is 0 Å². The van der Waals surface area contributed by atoms with E-state index in [0.29, 0.717) is 12.1 Å². The summed E-state index contributed by atoms with van der Waals surface area (Å²) in [6, 6.07) is 1.02. The number of methoxy groups -OCH3 is 1. The van der Waals surface area contributed by atoms with Crippen LogP contribution in [0.4, 0.5) is 0 Å². The minimum Gasteiger partial charge on any atom is -0.383 e. The van der Waals surface area contributed by atoms with E-state index in [9.17, 15) is 0 Å². The van der Waals surface area contributed by atoms with Crippen molar-refractivity contribution in [2.75, 3.05) is 80.2 Å². The highest BCUT2D eigenvalue weighted by molar-refractivity contribution is 14.0. The maximum atomic E-state index is 5.18. The number of piperazine rings is 1. The van der Waals surface area contributed by atoms with Gasteiger partial charge in [0.1, 0.15) is 0 Å². The van der Waals surface area contributed by atoms with Crippen molar-refractivity contribution in [3.05, 3.63) is 0 Å². The highest BCUT2D eigenvalue weighted by atomic mass is 127. The van der Waals surface area contributed by atoms with E-state index in [1.54, 1.807) is 7.11 Å². The molecule has 7 nitrogen and oxygen atoms in total. The number of ether oxygens (including phenoxy) is 1. The Kier molecular flexibility index (Phi) is 12.0. The van der Waals surface area contributed by atoms with Gasteiger partial charge in [0.25, 0.3) is 0 Å². The summed E-state index contributed by atoms with van der Waals surface area (Å²) < 4.78 is 5.18. The Morgan fingerprint density at radius 3 is 2.54 bits per heavy atom. The number of halogens is 1. The number of piperidine rings is 1. The zero-order valence-electron chi connectivity index (χ0n) is 17.0. The van der Waals surface area contributed by atoms with Gasteiger partial charge in [-0.1, -0.05) is 0 Å². The van der Waals surface area contributed by atoms with Gasteiger partial charge >= 0.3 is 0 Å². The molecule has 2 saturated heterocycles. The Balaban J connectivity index is 0.00000338. The molecule has 0 aromatic heterocycles. The molecule has 0 saturated carbocycles. The molecule has 2 heterocycles. The number of aliphatic imine (C=N–C) groups is 1. The Morgan fingerprint density at radius 1 is 1.15 bits per heavy atom. The molecule has 1 unspecified atom stereocenters. The van der Waals surface area contributed by atoms with Crippen molar-refractivity contribution < 1.29 is 4.74 Å². The van der Waals surface area contributed by atoms with Crippen LogP contribution in [0.5, 0.6) is 0 Å². The van der Waals surface area contributed by atoms with E-state index < -0.39 is 0 Å². The second-order valence-corrected chi connectivity index (χ2v) is 7.37. The van der Waals surface area contributed by atoms with Crippen LogP contribution in [0.25, 0.3) is 0 Å². The number of hydrogen-bond acceptors (Lipinski definition) is 5. The summed E-state index contributed by atoms with van der Waals surface area (Å²) in [6.45, 7) is 11.4. The van der Waals surface area contributed by atoms with Crippen LogP contribution < -0.4 is 10.6 Å². The number of nitrogens with one attached hydrogen (secondary N) is 2. The second-order valence-electron chi connectivity index (χ2n) is 7.37. The van der Waals surface area contributed by atoms with Crippen molar-refractivity contribution in [1.29, 1.82) is 0 Å². The molecule has 2 rings (SSSR count). The summed E-state index contributed by atoms with van der Waals surface area (Å²) in [4.78, 5) is 12.2. The number of likely N-dealkylation sites (N-methyl/N-ethyl adjacent to an activating group) is 2. The van der Waals surface area contributed by atoms with Crippen LogP contribution in [0, 0.1) is 0 Å². The topological polar surface area (TPSA) is 55.4 Å². The molecule has 1 atom stereocenters. The van der Waals surface area contributed by atoms with Crippen LogP contribution in [-0.2, 0) is 4.74 Å². The Bertz CT molecular complexity index is 403. The van der Waals surface area contributed by atoms with E-state index in [1.165, 1.54) is 12.8 Å². The molecular weight excluding hydrogens is 443 g/mol. The van der Waals surface area contributed by atoms with Crippen molar-refractivity contribution in [1.82, 2.24) is 25.3 Å². The highest BCUT2D eigenvalue weighted by Crippen LogP contribution is 2.10. The quantitative estimate of drug-likeness (QED) is 0.314. The van der Waals surface area contributed by atoms with Crippen LogP contribution in [0.15, 0.2) is 4.99 Å². The van der Waals surface area contributed by atoms with Crippen molar-refractivity contribution in [2.45, 2.75) is 31.8 Å². The summed E-state index contributed by atoms with van der Waals surface area (Å²) in [5, 5.41) is 7.06. The van der Waals surface area contributed by atoms with E-state index >= 15 is 0 Å². The molecule has 0 aromatic carbocycles. The molecular formula is C18H39IN6O. The van der Waals surface area contributed by atoms with Crippen LogP contribution >= 0.6 is 24.0 Å². The van der Waals surface area contributed by atoms with Gasteiger partial charge < -0.3 is 25.2 Å². The Hall–Kier alpha value is -0.160. The molecule has 2 fully saturated rings. The molecule has 0 bridgehead atoms. The lowest BCUT2D eigenvalue weighted by Crippen LogP contribution is -2.52. The summed E-state index contributed by atoms with van der Waals surface area (Å²) in [7, 11) is 6.18. The molecule has 0 aliphatic carbocycles. The van der Waals surface area contributed by atoms with Gasteiger partial charge in [0.15, 0.2) is 5.96 Å². The van der Waals surface area contributed by atoms with Crippen molar-refractivity contribution in [3.63, 3.8) is 0 Å². The van der Waals surface area contributed by atoms with Gasteiger partial charge in [0, 0.05) is 65.0 Å². The third-order valence-corrected chi connectivity index (χ3v) is 5.32. The van der Waals surface area contributed by atoms with Gasteiger partial charge in [-0.2, -0.15) is 0 Å². The fraction of sp³-hybridized carbons (Fsp3) is 0.944. The molecule has 2 N–H and O–H groups in total. The fourth-order valence-corrected chi connectivity index (χ4v) is 3.53. The maximum absolute atomic E-state index is 5.18. The SMILES string of the molecule is CCNC(=NCC1CN(C)CCN1C)NC1CCN(CCOC)CC1.I. The Labute approximate surface area is 176 Å². The molecule has 0 amide bonds. The standard InChI is InChI=1S/C18H38N6O.HI/c1-5-19-18(20-14-17-15-22(2)10-11-23(17)3)21-16-6-8-24(9-7-16)12-13-25-4;/h16-17H,5-15H2,1-4H3,(H2,19,20,21);1H. The monoisotopic (exact) mass is 482 g/mol. The van der Waals surface area contributed by atoms with Crippen LogP contribution in [0.3, 0.4) is 0 Å². The number of nitrogens with zero attached hydrogens (tertiary/aromatic N) is 4. The number of rotatable bonds is 7. The third kappa shape index (κ3) is 8.24. The van der Waals surface area contributed by atoms with E-state index in [-0.39, 0.29) is 24.0 Å². The zero-order valence-corrected chi connectivity index (χ0v) is 19.4. The number of hydrogen-bond donors (Lipinski definition) is 2.